The molecule has 1 atom stereocenters. The molecule has 3 nitrogen and oxygen atoms in total. The minimum atomic E-state index is -2.01. The molecule has 2 aromatic carbocycles. The van der Waals surface area contributed by atoms with Gasteiger partial charge in [-0.1, -0.05) is 86.9 Å². The van der Waals surface area contributed by atoms with Crippen LogP contribution >= 0.6 is 0 Å². The molecule has 0 N–H and O–H groups in total. The molecule has 1 aliphatic carbocycles. The fraction of sp³-hybridized carbons (Fsp3) is 0.385. The second-order valence-electron chi connectivity index (χ2n) is 8.85. The smallest absolute Gasteiger partial charge is 0.245 e. The minimum Gasteiger partial charge on any atom is -0.314 e. The molecule has 0 saturated carbocycles. The molecule has 4 rings (SSSR count). The van der Waals surface area contributed by atoms with Crippen LogP contribution < -0.4 is 4.90 Å². The van der Waals surface area contributed by atoms with Crippen LogP contribution in [0, 0.1) is 6.92 Å². The first-order valence-corrected chi connectivity index (χ1v) is 13.7. The molecular formula is C26H31NO2Si. The molecule has 2 aromatic rings. The van der Waals surface area contributed by atoms with Crippen LogP contribution in [0.15, 0.2) is 53.7 Å². The van der Waals surface area contributed by atoms with Crippen LogP contribution in [0.25, 0.3) is 5.57 Å². The third-order valence-electron chi connectivity index (χ3n) is 7.71. The summed E-state index contributed by atoms with van der Waals surface area (Å²) in [6.45, 7) is 8.77. The fourth-order valence-corrected chi connectivity index (χ4v) is 9.78. The minimum absolute atomic E-state index is 0.0699. The van der Waals surface area contributed by atoms with Crippen molar-refractivity contribution in [3.63, 3.8) is 0 Å². The van der Waals surface area contributed by atoms with Crippen molar-refractivity contribution in [3.05, 3.63) is 70.4 Å². The lowest BCUT2D eigenvalue weighted by Crippen LogP contribution is -2.47. The zero-order valence-electron chi connectivity index (χ0n) is 18.7. The Kier molecular flexibility index (Phi) is 5.09. The third-order valence-corrected chi connectivity index (χ3v) is 13.4. The van der Waals surface area contributed by atoms with Crippen LogP contribution in [0.2, 0.25) is 18.1 Å². The standard InChI is InChI=1S/C26H31NO2Si/c1-6-30(7-2,8-3)23-20(19-15-13-18(4)14-16-19)17-26(24(23)28)21-11-9-10-12-22(21)27(5)25(26)29/h9-16H,6-8,17H2,1-5H3/t26-/m1/s1. The molecule has 1 aliphatic heterocycles. The zero-order chi connectivity index (χ0) is 21.7. The lowest BCUT2D eigenvalue weighted by Gasteiger charge is -2.31. The number of nitrogens with zero attached hydrogens (tertiary/aromatic N) is 1. The number of fused-ring (bicyclic) bond motifs is 2. The summed E-state index contributed by atoms with van der Waals surface area (Å²) < 4.78 is 0. The summed E-state index contributed by atoms with van der Waals surface area (Å²) in [6.07, 6.45) is 0.485. The van der Waals surface area contributed by atoms with Crippen LogP contribution in [0.3, 0.4) is 0 Å². The van der Waals surface area contributed by atoms with Gasteiger partial charge in [0.15, 0.2) is 5.78 Å². The number of aryl methyl sites for hydroxylation is 1. The summed E-state index contributed by atoms with van der Waals surface area (Å²) >= 11 is 0. The SMILES string of the molecule is CC[Si](CC)(CC)C1=C(c2ccc(C)cc2)C[C@@]2(C1=O)C(=O)N(C)c1ccccc12. The molecule has 0 fully saturated rings. The van der Waals surface area contributed by atoms with Crippen molar-refractivity contribution in [2.75, 3.05) is 11.9 Å². The van der Waals surface area contributed by atoms with Gasteiger partial charge in [-0.3, -0.25) is 9.59 Å². The maximum atomic E-state index is 14.4. The molecular weight excluding hydrogens is 386 g/mol. The van der Waals surface area contributed by atoms with E-state index in [1.807, 2.05) is 24.3 Å². The third kappa shape index (κ3) is 2.62. The maximum Gasteiger partial charge on any atom is 0.245 e. The number of Topliss-reactive ketones (excluding diaryl/α,β-unsaturated/α-hetero) is 1. The number of benzene rings is 2. The molecule has 0 aromatic heterocycles. The predicted octanol–water partition coefficient (Wildman–Crippen LogP) is 5.68. The molecule has 0 saturated heterocycles. The number of carbonyl (C=O) groups is 2. The van der Waals surface area contributed by atoms with E-state index in [0.29, 0.717) is 6.42 Å². The van der Waals surface area contributed by atoms with E-state index < -0.39 is 13.5 Å². The van der Waals surface area contributed by atoms with E-state index in [0.717, 1.165) is 45.7 Å². The number of amides is 1. The Morgan fingerprint density at radius 3 is 2.13 bits per heavy atom. The molecule has 1 spiro atoms. The van der Waals surface area contributed by atoms with E-state index in [9.17, 15) is 9.59 Å². The van der Waals surface area contributed by atoms with Gasteiger partial charge in [-0.05, 0) is 41.3 Å². The molecule has 0 radical (unpaired) electrons. The summed E-state index contributed by atoms with van der Waals surface area (Å²) in [4.78, 5) is 29.7. The Balaban J connectivity index is 1.99. The zero-order valence-corrected chi connectivity index (χ0v) is 19.7. The predicted molar refractivity (Wildman–Crippen MR) is 126 cm³/mol. The second kappa shape index (κ2) is 7.35. The van der Waals surface area contributed by atoms with E-state index in [1.165, 1.54) is 5.56 Å². The average Bonchev–Trinajstić information content (AvgIpc) is 3.20. The Morgan fingerprint density at radius 2 is 1.53 bits per heavy atom. The first-order chi connectivity index (χ1) is 14.4. The molecule has 1 heterocycles. The molecule has 2 aliphatic rings. The van der Waals surface area contributed by atoms with Crippen molar-refractivity contribution >= 4 is 31.0 Å². The van der Waals surface area contributed by atoms with E-state index in [4.69, 9.17) is 0 Å². The van der Waals surface area contributed by atoms with Crippen LogP contribution in [-0.4, -0.2) is 26.8 Å². The summed E-state index contributed by atoms with van der Waals surface area (Å²) in [5.74, 6) is 0.0108. The Labute approximate surface area is 180 Å². The van der Waals surface area contributed by atoms with Crippen LogP contribution in [0.5, 0.6) is 0 Å². The van der Waals surface area contributed by atoms with Gasteiger partial charge in [0.25, 0.3) is 0 Å². The van der Waals surface area contributed by atoms with Crippen molar-refractivity contribution in [1.29, 1.82) is 0 Å². The van der Waals surface area contributed by atoms with Gasteiger partial charge in [-0.15, -0.1) is 0 Å². The highest BCUT2D eigenvalue weighted by atomic mass is 28.3. The lowest BCUT2D eigenvalue weighted by molar-refractivity contribution is -0.130. The van der Waals surface area contributed by atoms with Gasteiger partial charge in [0, 0.05) is 12.7 Å². The number of allylic oxidation sites excluding steroid dienone is 2. The number of carbonyl (C=O) groups excluding carboxylic acids is 2. The summed E-state index contributed by atoms with van der Waals surface area (Å²) in [6, 6.07) is 19.4. The quantitative estimate of drug-likeness (QED) is 0.463. The normalized spacial score (nSPS) is 21.2. The van der Waals surface area contributed by atoms with Crippen molar-refractivity contribution in [3.8, 4) is 0 Å². The number of hydrogen-bond acceptors (Lipinski definition) is 2. The van der Waals surface area contributed by atoms with E-state index in [1.54, 1.807) is 11.9 Å². The molecule has 0 unspecified atom stereocenters. The van der Waals surface area contributed by atoms with E-state index in [2.05, 4.69) is 52.0 Å². The first kappa shape index (κ1) is 20.8. The number of likely N-dealkylation sites (N-methyl/N-ethyl adjacent to an activating group) is 1. The van der Waals surface area contributed by atoms with Gasteiger partial charge in [-0.25, -0.2) is 0 Å². The fourth-order valence-electron chi connectivity index (χ4n) is 5.65. The Bertz CT molecular complexity index is 1040. The summed E-state index contributed by atoms with van der Waals surface area (Å²) in [5, 5.41) is 1.03. The van der Waals surface area contributed by atoms with Crippen LogP contribution in [0.1, 0.15) is 43.9 Å². The van der Waals surface area contributed by atoms with Gasteiger partial charge in [0.1, 0.15) is 5.41 Å². The van der Waals surface area contributed by atoms with E-state index >= 15 is 0 Å². The highest BCUT2D eigenvalue weighted by molar-refractivity contribution is 6.92. The Morgan fingerprint density at radius 1 is 0.933 bits per heavy atom. The molecule has 1 amide bonds. The van der Waals surface area contributed by atoms with Crippen LogP contribution in [0.4, 0.5) is 5.69 Å². The van der Waals surface area contributed by atoms with Gasteiger partial charge in [0.05, 0.1) is 8.07 Å². The van der Waals surface area contributed by atoms with Crippen molar-refractivity contribution < 1.29 is 9.59 Å². The Hall–Kier alpha value is -2.46. The van der Waals surface area contributed by atoms with Crippen molar-refractivity contribution in [1.82, 2.24) is 0 Å². The molecule has 156 valence electrons. The topological polar surface area (TPSA) is 37.4 Å². The van der Waals surface area contributed by atoms with Gasteiger partial charge >= 0.3 is 0 Å². The van der Waals surface area contributed by atoms with Crippen LogP contribution in [-0.2, 0) is 15.0 Å². The number of anilines is 1. The second-order valence-corrected chi connectivity index (χ2v) is 14.0. The van der Waals surface area contributed by atoms with Gasteiger partial charge < -0.3 is 4.90 Å². The maximum absolute atomic E-state index is 14.4. The summed E-state index contributed by atoms with van der Waals surface area (Å²) in [5.41, 5.74) is 4.10. The average molecular weight is 418 g/mol. The molecule has 4 heteroatoms. The lowest BCUT2D eigenvalue weighted by atomic mass is 9.77. The molecule has 0 bridgehead atoms. The largest absolute Gasteiger partial charge is 0.314 e. The number of ketones is 1. The molecule has 30 heavy (non-hydrogen) atoms. The monoisotopic (exact) mass is 417 g/mol. The van der Waals surface area contributed by atoms with Crippen molar-refractivity contribution in [2.24, 2.45) is 0 Å². The van der Waals surface area contributed by atoms with Gasteiger partial charge in [0.2, 0.25) is 5.91 Å². The highest BCUT2D eigenvalue weighted by Gasteiger charge is 2.62. The van der Waals surface area contributed by atoms with E-state index in [-0.39, 0.29) is 11.7 Å². The number of hydrogen-bond donors (Lipinski definition) is 0. The summed E-state index contributed by atoms with van der Waals surface area (Å²) in [7, 11) is -0.211. The number of para-hydroxylation sites is 1. The number of rotatable bonds is 5. The highest BCUT2D eigenvalue weighted by Crippen LogP contribution is 2.55. The first-order valence-electron chi connectivity index (χ1n) is 11.1. The van der Waals surface area contributed by atoms with Gasteiger partial charge in [-0.2, -0.15) is 0 Å². The van der Waals surface area contributed by atoms with Crippen molar-refractivity contribution in [2.45, 2.75) is 57.7 Å².